The van der Waals surface area contributed by atoms with Crippen LogP contribution in [0.4, 0.5) is 4.39 Å². The van der Waals surface area contributed by atoms with Crippen molar-refractivity contribution in [3.63, 3.8) is 0 Å². The maximum Gasteiger partial charge on any atom is 0.370 e. The molecule has 1 aromatic heterocycles. The first-order valence-corrected chi connectivity index (χ1v) is 9.14. The van der Waals surface area contributed by atoms with Gasteiger partial charge in [0.05, 0.1) is 10.9 Å². The molecule has 0 bridgehead atoms. The number of halogens is 1. The van der Waals surface area contributed by atoms with E-state index < -0.39 is 12.0 Å². The third-order valence-electron chi connectivity index (χ3n) is 4.48. The van der Waals surface area contributed by atoms with Crippen LogP contribution in [-0.4, -0.2) is 12.0 Å². The fourth-order valence-corrected chi connectivity index (χ4v) is 3.16. The highest BCUT2D eigenvalue weighted by molar-refractivity contribution is 5.85. The Morgan fingerprint density at radius 2 is 1.86 bits per heavy atom. The Hall–Kier alpha value is -2.99. The lowest BCUT2D eigenvalue weighted by Gasteiger charge is -2.11. The number of rotatable bonds is 5. The van der Waals surface area contributed by atoms with Gasteiger partial charge in [0.1, 0.15) is 22.9 Å². The van der Waals surface area contributed by atoms with E-state index >= 15 is 0 Å². The van der Waals surface area contributed by atoms with Crippen molar-refractivity contribution in [3.8, 4) is 16.9 Å². The Kier molecular flexibility index (Phi) is 5.61. The Labute approximate surface area is 161 Å². The van der Waals surface area contributed by atoms with Crippen LogP contribution in [0.2, 0.25) is 0 Å². The van der Waals surface area contributed by atoms with Gasteiger partial charge in [0, 0.05) is 12.5 Å². The van der Waals surface area contributed by atoms with Crippen LogP contribution in [0.25, 0.3) is 22.1 Å². The van der Waals surface area contributed by atoms with Crippen molar-refractivity contribution >= 4 is 16.9 Å². The molecule has 0 aliphatic rings. The van der Waals surface area contributed by atoms with Crippen molar-refractivity contribution < 1.29 is 24.1 Å². The van der Waals surface area contributed by atoms with Crippen LogP contribution in [0.1, 0.15) is 26.0 Å². The van der Waals surface area contributed by atoms with Crippen molar-refractivity contribution in [1.82, 2.24) is 0 Å². The molecule has 146 valence electrons. The summed E-state index contributed by atoms with van der Waals surface area (Å²) in [4.78, 5) is 25.1. The first-order chi connectivity index (χ1) is 13.3. The molecule has 6 heteroatoms. The van der Waals surface area contributed by atoms with E-state index in [0.29, 0.717) is 45.9 Å². The molecule has 1 heterocycles. The topological polar surface area (TPSA) is 84.2 Å². The minimum atomic E-state index is -0.467. The summed E-state index contributed by atoms with van der Waals surface area (Å²) in [6, 6.07) is 9.86. The zero-order valence-electron chi connectivity index (χ0n) is 16.1. The minimum Gasteiger partial charge on any atom is -0.460 e. The van der Waals surface area contributed by atoms with E-state index in [0.717, 1.165) is 0 Å². The van der Waals surface area contributed by atoms with Gasteiger partial charge in [0.15, 0.2) is 6.04 Å². The van der Waals surface area contributed by atoms with E-state index in [1.54, 1.807) is 31.2 Å². The summed E-state index contributed by atoms with van der Waals surface area (Å²) in [6.07, 6.45) is 0.627. The third-order valence-corrected chi connectivity index (χ3v) is 4.48. The van der Waals surface area contributed by atoms with Crippen molar-refractivity contribution in [2.24, 2.45) is 5.92 Å². The molecule has 0 amide bonds. The van der Waals surface area contributed by atoms with Gasteiger partial charge in [-0.3, -0.25) is 4.79 Å². The molecule has 0 saturated heterocycles. The van der Waals surface area contributed by atoms with E-state index in [9.17, 15) is 14.0 Å². The van der Waals surface area contributed by atoms with Crippen LogP contribution in [0.5, 0.6) is 5.75 Å². The van der Waals surface area contributed by atoms with E-state index in [1.165, 1.54) is 18.2 Å². The fourth-order valence-electron chi connectivity index (χ4n) is 3.16. The molecule has 0 aliphatic carbocycles. The summed E-state index contributed by atoms with van der Waals surface area (Å²) in [5, 5.41) is 0.359. The number of hydrogen-bond donors (Lipinski definition) is 1. The van der Waals surface area contributed by atoms with Gasteiger partial charge in [-0.25, -0.2) is 9.18 Å². The number of carbonyl (C=O) groups excluding carboxylic acids is 1. The van der Waals surface area contributed by atoms with Gasteiger partial charge < -0.3 is 14.9 Å². The van der Waals surface area contributed by atoms with Gasteiger partial charge in [-0.15, -0.1) is 0 Å². The third kappa shape index (κ3) is 4.12. The predicted molar refractivity (Wildman–Crippen MR) is 104 cm³/mol. The molecule has 0 aliphatic heterocycles. The van der Waals surface area contributed by atoms with E-state index in [-0.39, 0.29) is 11.2 Å². The number of aryl methyl sites for hydroxylation is 1. The summed E-state index contributed by atoms with van der Waals surface area (Å²) < 4.78 is 24.4. The average Bonchev–Trinajstić information content (AvgIpc) is 2.62. The normalized spacial score (nSPS) is 12.4. The SMILES string of the molecule is Cc1oc2cc(OC(=O)[C@H]([NH3+])CC(C)C)ccc2c(=O)c1-c1ccc(F)cc1. The van der Waals surface area contributed by atoms with Gasteiger partial charge in [-0.2, -0.15) is 0 Å². The highest BCUT2D eigenvalue weighted by Crippen LogP contribution is 2.26. The van der Waals surface area contributed by atoms with Gasteiger partial charge in [0.2, 0.25) is 5.43 Å². The van der Waals surface area contributed by atoms with Crippen LogP contribution in [0, 0.1) is 18.7 Å². The first kappa shape index (κ1) is 19.8. The number of esters is 1. The molecule has 3 rings (SSSR count). The van der Waals surface area contributed by atoms with Crippen LogP contribution >= 0.6 is 0 Å². The summed E-state index contributed by atoms with van der Waals surface area (Å²) in [6.45, 7) is 5.70. The number of quaternary nitrogens is 1. The van der Waals surface area contributed by atoms with Gasteiger partial charge >= 0.3 is 5.97 Å². The fraction of sp³-hybridized carbons (Fsp3) is 0.273. The van der Waals surface area contributed by atoms with Gasteiger partial charge in [-0.1, -0.05) is 26.0 Å². The zero-order chi connectivity index (χ0) is 20.4. The van der Waals surface area contributed by atoms with Crippen LogP contribution in [-0.2, 0) is 4.79 Å². The summed E-state index contributed by atoms with van der Waals surface area (Å²) in [5.74, 6) is 0.237. The maximum atomic E-state index is 13.2. The lowest BCUT2D eigenvalue weighted by atomic mass is 10.0. The second-order valence-electron chi connectivity index (χ2n) is 7.27. The maximum absolute atomic E-state index is 13.2. The largest absolute Gasteiger partial charge is 0.460 e. The Balaban J connectivity index is 1.96. The Morgan fingerprint density at radius 3 is 2.50 bits per heavy atom. The van der Waals surface area contributed by atoms with Crippen LogP contribution in [0.15, 0.2) is 51.7 Å². The highest BCUT2D eigenvalue weighted by Gasteiger charge is 2.21. The molecule has 1 atom stereocenters. The van der Waals surface area contributed by atoms with Crippen molar-refractivity contribution in [1.29, 1.82) is 0 Å². The molecule has 3 aromatic rings. The molecule has 3 N–H and O–H groups in total. The average molecular weight is 384 g/mol. The summed E-state index contributed by atoms with van der Waals surface area (Å²) in [7, 11) is 0. The van der Waals surface area contributed by atoms with Gasteiger partial charge in [0.25, 0.3) is 0 Å². The highest BCUT2D eigenvalue weighted by atomic mass is 19.1. The molecule has 28 heavy (non-hydrogen) atoms. The summed E-state index contributed by atoms with van der Waals surface area (Å²) in [5.41, 5.74) is 4.90. The molecule has 0 fully saturated rings. The van der Waals surface area contributed by atoms with Crippen molar-refractivity contribution in [2.45, 2.75) is 33.2 Å². The van der Waals surface area contributed by atoms with Gasteiger partial charge in [-0.05, 0) is 42.7 Å². The quantitative estimate of drug-likeness (QED) is 0.539. The number of carbonyl (C=O) groups is 1. The summed E-state index contributed by atoms with van der Waals surface area (Å²) >= 11 is 0. The second-order valence-corrected chi connectivity index (χ2v) is 7.27. The lowest BCUT2D eigenvalue weighted by molar-refractivity contribution is -0.409. The number of fused-ring (bicyclic) bond motifs is 1. The zero-order valence-corrected chi connectivity index (χ0v) is 16.1. The number of ether oxygens (including phenoxy) is 1. The molecule has 0 radical (unpaired) electrons. The van der Waals surface area contributed by atoms with Crippen LogP contribution < -0.4 is 15.9 Å². The van der Waals surface area contributed by atoms with E-state index in [2.05, 4.69) is 5.73 Å². The minimum absolute atomic E-state index is 0.224. The first-order valence-electron chi connectivity index (χ1n) is 9.14. The van der Waals surface area contributed by atoms with Crippen molar-refractivity contribution in [2.75, 3.05) is 0 Å². The molecule has 5 nitrogen and oxygen atoms in total. The van der Waals surface area contributed by atoms with Crippen molar-refractivity contribution in [3.05, 3.63) is 64.3 Å². The van der Waals surface area contributed by atoms with E-state index in [1.807, 2.05) is 13.8 Å². The predicted octanol–water partition coefficient (Wildman–Crippen LogP) is 3.47. The molecule has 0 spiro atoms. The van der Waals surface area contributed by atoms with Crippen LogP contribution in [0.3, 0.4) is 0 Å². The molecular weight excluding hydrogens is 361 g/mol. The molecule has 2 aromatic carbocycles. The second kappa shape index (κ2) is 7.94. The molecule has 0 unspecified atom stereocenters. The number of benzene rings is 2. The molecule has 0 saturated carbocycles. The standard InChI is InChI=1S/C22H22FNO4/c1-12(2)10-18(24)22(26)28-16-8-9-17-19(11-16)27-13(3)20(21(17)25)14-4-6-15(23)7-5-14/h4-9,11-12,18H,10,24H2,1-3H3/p+1/t18-/m1/s1. The smallest absolute Gasteiger partial charge is 0.370 e. The Morgan fingerprint density at radius 1 is 1.18 bits per heavy atom. The Bertz CT molecular complexity index is 1070. The van der Waals surface area contributed by atoms with E-state index in [4.69, 9.17) is 9.15 Å². The molecular formula is C22H23FNO4+. The number of hydrogen-bond acceptors (Lipinski definition) is 4. The lowest BCUT2D eigenvalue weighted by Crippen LogP contribution is -2.66. The monoisotopic (exact) mass is 384 g/mol.